The lowest BCUT2D eigenvalue weighted by Gasteiger charge is -2.11. The van der Waals surface area contributed by atoms with Crippen LogP contribution in [0.25, 0.3) is 0 Å². The van der Waals surface area contributed by atoms with E-state index in [-0.39, 0.29) is 11.4 Å². The highest BCUT2D eigenvalue weighted by atomic mass is 16.2. The van der Waals surface area contributed by atoms with Crippen molar-refractivity contribution in [3.63, 3.8) is 0 Å². The zero-order chi connectivity index (χ0) is 12.1. The third kappa shape index (κ3) is 2.67. The topological polar surface area (TPSA) is 123 Å². The van der Waals surface area contributed by atoms with Gasteiger partial charge in [0.1, 0.15) is 6.04 Å². The van der Waals surface area contributed by atoms with E-state index in [9.17, 15) is 9.59 Å². The first-order chi connectivity index (χ1) is 7.56. The summed E-state index contributed by atoms with van der Waals surface area (Å²) in [5.41, 5.74) is 7.56. The Bertz CT molecular complexity index is 407. The highest BCUT2D eigenvalue weighted by molar-refractivity contribution is 6.00. The maximum atomic E-state index is 11.7. The third-order valence-electron chi connectivity index (χ3n) is 1.96. The molecule has 6 N–H and O–H groups in total. The number of rotatable bonds is 4. The minimum Gasteiger partial charge on any atom is -0.368 e. The van der Waals surface area contributed by atoms with Crippen LogP contribution in [0.4, 0.5) is 5.82 Å². The average molecular weight is 223 g/mol. The van der Waals surface area contributed by atoms with Gasteiger partial charge in [0.05, 0.1) is 5.56 Å². The summed E-state index contributed by atoms with van der Waals surface area (Å²) in [5, 5.41) is 2.42. The van der Waals surface area contributed by atoms with Gasteiger partial charge in [-0.3, -0.25) is 9.59 Å². The van der Waals surface area contributed by atoms with Crippen molar-refractivity contribution in [3.8, 4) is 0 Å². The lowest BCUT2D eigenvalue weighted by molar-refractivity contribution is -0.119. The minimum absolute atomic E-state index is 0.233. The number of nitrogens with two attached hydrogens (primary N) is 2. The summed E-state index contributed by atoms with van der Waals surface area (Å²) in [4.78, 5) is 26.3. The quantitative estimate of drug-likeness (QED) is 0.384. The van der Waals surface area contributed by atoms with Crippen molar-refractivity contribution >= 4 is 17.6 Å². The molecule has 1 aromatic heterocycles. The molecule has 1 unspecified atom stereocenters. The van der Waals surface area contributed by atoms with Gasteiger partial charge in [-0.1, -0.05) is 0 Å². The largest absolute Gasteiger partial charge is 0.368 e. The molecule has 0 saturated heterocycles. The fourth-order valence-corrected chi connectivity index (χ4v) is 1.05. The van der Waals surface area contributed by atoms with Crippen LogP contribution in [-0.2, 0) is 4.79 Å². The number of pyridine rings is 1. The maximum absolute atomic E-state index is 11.7. The van der Waals surface area contributed by atoms with Gasteiger partial charge in [-0.2, -0.15) is 0 Å². The number of anilines is 1. The van der Waals surface area contributed by atoms with Gasteiger partial charge >= 0.3 is 0 Å². The van der Waals surface area contributed by atoms with E-state index >= 15 is 0 Å². The Morgan fingerprint density at radius 1 is 1.50 bits per heavy atom. The van der Waals surface area contributed by atoms with Crippen molar-refractivity contribution in [3.05, 3.63) is 23.9 Å². The van der Waals surface area contributed by atoms with E-state index in [0.717, 1.165) is 0 Å². The van der Waals surface area contributed by atoms with Crippen LogP contribution in [0, 0.1) is 0 Å². The minimum atomic E-state index is -0.752. The van der Waals surface area contributed by atoms with Crippen LogP contribution in [-0.4, -0.2) is 22.8 Å². The number of nitrogens with one attached hydrogen (secondary N) is 2. The zero-order valence-corrected chi connectivity index (χ0v) is 8.73. The first-order valence-electron chi connectivity index (χ1n) is 4.58. The van der Waals surface area contributed by atoms with Gasteiger partial charge in [0.2, 0.25) is 5.91 Å². The van der Waals surface area contributed by atoms with Crippen LogP contribution < -0.4 is 22.3 Å². The van der Waals surface area contributed by atoms with E-state index in [1.54, 1.807) is 6.07 Å². The molecular formula is C9H13N5O2. The lowest BCUT2D eigenvalue weighted by atomic mass is 10.2. The molecule has 0 aliphatic carbocycles. The van der Waals surface area contributed by atoms with E-state index in [0.29, 0.717) is 0 Å². The number of nitrogen functional groups attached to an aromatic ring is 1. The van der Waals surface area contributed by atoms with Crippen molar-refractivity contribution < 1.29 is 9.59 Å². The van der Waals surface area contributed by atoms with E-state index in [4.69, 9.17) is 11.6 Å². The van der Waals surface area contributed by atoms with Crippen molar-refractivity contribution in [2.24, 2.45) is 11.6 Å². The van der Waals surface area contributed by atoms with E-state index in [1.807, 2.05) is 0 Å². The van der Waals surface area contributed by atoms with Crippen LogP contribution >= 0.6 is 0 Å². The monoisotopic (exact) mass is 223 g/mol. The standard InChI is InChI=1S/C9H13N5O2/c1-5(7(10)15)13-9(16)6-3-2-4-12-8(6)14-11/h2-5H,11H2,1H3,(H2,10,15)(H,12,14)(H,13,16). The van der Waals surface area contributed by atoms with Gasteiger partial charge in [-0.05, 0) is 19.1 Å². The molecule has 16 heavy (non-hydrogen) atoms. The Kier molecular flexibility index (Phi) is 3.78. The number of primary amides is 1. The van der Waals surface area contributed by atoms with E-state index < -0.39 is 17.9 Å². The molecule has 1 aromatic rings. The number of nitrogens with zero attached hydrogens (tertiary/aromatic N) is 1. The molecule has 1 heterocycles. The second-order valence-corrected chi connectivity index (χ2v) is 3.14. The Hall–Kier alpha value is -2.15. The number of aromatic nitrogens is 1. The van der Waals surface area contributed by atoms with Crippen molar-refractivity contribution in [2.45, 2.75) is 13.0 Å². The number of carbonyl (C=O) groups excluding carboxylic acids is 2. The van der Waals surface area contributed by atoms with Gasteiger partial charge < -0.3 is 16.5 Å². The summed E-state index contributed by atoms with van der Waals surface area (Å²) in [5.74, 6) is 4.35. The molecule has 7 nitrogen and oxygen atoms in total. The normalized spacial score (nSPS) is 11.6. The predicted octanol–water partition coefficient (Wildman–Crippen LogP) is -1.03. The van der Waals surface area contributed by atoms with E-state index in [2.05, 4.69) is 15.7 Å². The molecule has 0 aliphatic heterocycles. The van der Waals surface area contributed by atoms with Crippen LogP contribution in [0.5, 0.6) is 0 Å². The summed E-state index contributed by atoms with van der Waals surface area (Å²) < 4.78 is 0. The van der Waals surface area contributed by atoms with Crippen LogP contribution in [0.3, 0.4) is 0 Å². The molecule has 86 valence electrons. The van der Waals surface area contributed by atoms with Crippen LogP contribution in [0.2, 0.25) is 0 Å². The number of amides is 2. The van der Waals surface area contributed by atoms with Gasteiger partial charge in [-0.25, -0.2) is 10.8 Å². The number of carbonyl (C=O) groups is 2. The van der Waals surface area contributed by atoms with Gasteiger partial charge in [0.25, 0.3) is 5.91 Å². The summed E-state index contributed by atoms with van der Waals surface area (Å²) in [6.07, 6.45) is 1.49. The van der Waals surface area contributed by atoms with Crippen LogP contribution in [0.1, 0.15) is 17.3 Å². The van der Waals surface area contributed by atoms with Crippen molar-refractivity contribution in [2.75, 3.05) is 5.43 Å². The molecule has 0 bridgehead atoms. The average Bonchev–Trinajstić information content (AvgIpc) is 2.28. The third-order valence-corrected chi connectivity index (χ3v) is 1.96. The SMILES string of the molecule is CC(NC(=O)c1cccnc1NN)C(N)=O. The molecule has 2 amide bonds. The first kappa shape index (κ1) is 11.9. The second-order valence-electron chi connectivity index (χ2n) is 3.14. The molecular weight excluding hydrogens is 210 g/mol. The van der Waals surface area contributed by atoms with Crippen molar-refractivity contribution in [1.29, 1.82) is 0 Å². The maximum Gasteiger partial charge on any atom is 0.255 e. The Morgan fingerprint density at radius 2 is 2.19 bits per heavy atom. The van der Waals surface area contributed by atoms with Gasteiger partial charge in [-0.15, -0.1) is 0 Å². The Labute approximate surface area is 92.2 Å². The molecule has 0 aromatic carbocycles. The molecule has 0 aliphatic rings. The molecule has 0 spiro atoms. The summed E-state index contributed by atoms with van der Waals surface area (Å²) in [6.45, 7) is 1.49. The van der Waals surface area contributed by atoms with Crippen molar-refractivity contribution in [1.82, 2.24) is 10.3 Å². The Balaban J connectivity index is 2.84. The van der Waals surface area contributed by atoms with Crippen LogP contribution in [0.15, 0.2) is 18.3 Å². The highest BCUT2D eigenvalue weighted by Gasteiger charge is 2.16. The fourth-order valence-electron chi connectivity index (χ4n) is 1.05. The lowest BCUT2D eigenvalue weighted by Crippen LogP contribution is -2.42. The van der Waals surface area contributed by atoms with Gasteiger partial charge in [0, 0.05) is 6.20 Å². The summed E-state index contributed by atoms with van der Waals surface area (Å²) in [6, 6.07) is 2.37. The van der Waals surface area contributed by atoms with E-state index in [1.165, 1.54) is 19.2 Å². The molecule has 0 radical (unpaired) electrons. The molecule has 1 rings (SSSR count). The molecule has 0 fully saturated rings. The highest BCUT2D eigenvalue weighted by Crippen LogP contribution is 2.09. The Morgan fingerprint density at radius 3 is 2.75 bits per heavy atom. The molecule has 0 saturated carbocycles. The molecule has 7 heteroatoms. The predicted molar refractivity (Wildman–Crippen MR) is 58.2 cm³/mol. The number of hydrogen-bond acceptors (Lipinski definition) is 5. The van der Waals surface area contributed by atoms with Gasteiger partial charge in [0.15, 0.2) is 5.82 Å². The number of hydrogen-bond donors (Lipinski definition) is 4. The zero-order valence-electron chi connectivity index (χ0n) is 8.73. The summed E-state index contributed by atoms with van der Waals surface area (Å²) in [7, 11) is 0. The number of hydrazine groups is 1. The smallest absolute Gasteiger partial charge is 0.255 e. The first-order valence-corrected chi connectivity index (χ1v) is 4.58. The fraction of sp³-hybridized carbons (Fsp3) is 0.222. The second kappa shape index (κ2) is 5.08. The molecule has 1 atom stereocenters. The summed E-state index contributed by atoms with van der Waals surface area (Å²) >= 11 is 0.